The minimum absolute atomic E-state index is 0.661. The van der Waals surface area contributed by atoms with E-state index >= 15 is 0 Å². The molecular formula is C13H17N5. The number of aromatic nitrogens is 4. The number of aromatic amines is 1. The van der Waals surface area contributed by atoms with Crippen LogP contribution in [0.3, 0.4) is 0 Å². The summed E-state index contributed by atoms with van der Waals surface area (Å²) < 4.78 is 0. The van der Waals surface area contributed by atoms with E-state index in [1.54, 1.807) is 6.20 Å². The fourth-order valence-corrected chi connectivity index (χ4v) is 3.67. The van der Waals surface area contributed by atoms with E-state index in [0.717, 1.165) is 22.9 Å². The maximum Gasteiger partial charge on any atom is 0.176 e. The normalized spacial score (nSPS) is 31.2. The summed E-state index contributed by atoms with van der Waals surface area (Å²) >= 11 is 0. The number of rotatable bonds is 1. The predicted molar refractivity (Wildman–Crippen MR) is 69.4 cm³/mol. The van der Waals surface area contributed by atoms with Gasteiger partial charge in [-0.15, -0.1) is 0 Å². The largest absolute Gasteiger partial charge is 0.349 e. The molecule has 1 unspecified atom stereocenters. The maximum atomic E-state index is 4.67. The lowest BCUT2D eigenvalue weighted by Crippen LogP contribution is -2.42. The maximum absolute atomic E-state index is 4.67. The second kappa shape index (κ2) is 3.67. The zero-order valence-corrected chi connectivity index (χ0v) is 10.5. The van der Waals surface area contributed by atoms with Crippen molar-refractivity contribution in [2.45, 2.75) is 44.7 Å². The highest BCUT2D eigenvalue weighted by atomic mass is 15.3. The topological polar surface area (TPSA) is 57.7 Å². The molecule has 2 aliphatic heterocycles. The van der Waals surface area contributed by atoms with Gasteiger partial charge in [-0.05, 0) is 31.6 Å². The molecule has 0 saturated carbocycles. The number of nitrogens with one attached hydrogen (secondary N) is 1. The molecule has 5 nitrogen and oxygen atoms in total. The quantitative estimate of drug-likeness (QED) is 0.833. The van der Waals surface area contributed by atoms with Crippen molar-refractivity contribution in [2.24, 2.45) is 5.92 Å². The molecule has 94 valence electrons. The average Bonchev–Trinajstić information content (AvgIpc) is 2.91. The lowest BCUT2D eigenvalue weighted by molar-refractivity contribution is 0.361. The van der Waals surface area contributed by atoms with Crippen molar-refractivity contribution in [1.82, 2.24) is 20.2 Å². The summed E-state index contributed by atoms with van der Waals surface area (Å²) in [7, 11) is 0. The van der Waals surface area contributed by atoms with Crippen LogP contribution in [0.4, 0.5) is 5.82 Å². The SMILES string of the molecule is CC1C[C@H]2CC[C@@H](C1)N2c1cnc2cn[nH]c2n1. The number of anilines is 1. The van der Waals surface area contributed by atoms with Crippen LogP contribution in [0.1, 0.15) is 32.6 Å². The molecule has 2 bridgehead atoms. The Hall–Kier alpha value is -1.65. The third-order valence-corrected chi connectivity index (χ3v) is 4.38. The van der Waals surface area contributed by atoms with Crippen LogP contribution in [-0.4, -0.2) is 32.2 Å². The Balaban J connectivity index is 1.74. The zero-order chi connectivity index (χ0) is 12.1. The summed E-state index contributed by atoms with van der Waals surface area (Å²) in [5.74, 6) is 1.87. The van der Waals surface area contributed by atoms with Gasteiger partial charge in [-0.2, -0.15) is 5.10 Å². The first-order chi connectivity index (χ1) is 8.81. The first-order valence-electron chi connectivity index (χ1n) is 6.76. The summed E-state index contributed by atoms with van der Waals surface area (Å²) in [4.78, 5) is 11.6. The average molecular weight is 243 g/mol. The fraction of sp³-hybridized carbons (Fsp3) is 0.615. The van der Waals surface area contributed by atoms with Crippen molar-refractivity contribution in [2.75, 3.05) is 4.90 Å². The minimum Gasteiger partial charge on any atom is -0.349 e. The van der Waals surface area contributed by atoms with E-state index in [1.807, 2.05) is 6.20 Å². The molecule has 2 aromatic heterocycles. The Morgan fingerprint density at radius 1 is 1.22 bits per heavy atom. The van der Waals surface area contributed by atoms with Crippen LogP contribution in [-0.2, 0) is 0 Å². The molecule has 2 aromatic rings. The Morgan fingerprint density at radius 3 is 2.78 bits per heavy atom. The second-order valence-electron chi connectivity index (χ2n) is 5.70. The highest BCUT2D eigenvalue weighted by Gasteiger charge is 2.40. The van der Waals surface area contributed by atoms with Gasteiger partial charge in [0, 0.05) is 12.1 Å². The molecule has 3 atom stereocenters. The van der Waals surface area contributed by atoms with Gasteiger partial charge in [-0.3, -0.25) is 5.10 Å². The van der Waals surface area contributed by atoms with Gasteiger partial charge in [0.25, 0.3) is 0 Å². The lowest BCUT2D eigenvalue weighted by atomic mass is 9.92. The van der Waals surface area contributed by atoms with Crippen molar-refractivity contribution < 1.29 is 0 Å². The number of piperidine rings is 1. The van der Waals surface area contributed by atoms with Gasteiger partial charge < -0.3 is 4.90 Å². The number of hydrogen-bond acceptors (Lipinski definition) is 4. The first kappa shape index (κ1) is 10.3. The first-order valence-corrected chi connectivity index (χ1v) is 6.76. The summed E-state index contributed by atoms with van der Waals surface area (Å²) in [6, 6.07) is 1.32. The van der Waals surface area contributed by atoms with E-state index < -0.39 is 0 Å². The number of nitrogens with zero attached hydrogens (tertiary/aromatic N) is 4. The number of hydrogen-bond donors (Lipinski definition) is 1. The molecule has 0 aliphatic carbocycles. The van der Waals surface area contributed by atoms with Crippen LogP contribution in [0, 0.1) is 5.92 Å². The van der Waals surface area contributed by atoms with Gasteiger partial charge in [-0.25, -0.2) is 9.97 Å². The van der Waals surface area contributed by atoms with Gasteiger partial charge in [0.2, 0.25) is 0 Å². The molecule has 0 aromatic carbocycles. The molecular weight excluding hydrogens is 226 g/mol. The van der Waals surface area contributed by atoms with Crippen LogP contribution in [0.2, 0.25) is 0 Å². The Kier molecular flexibility index (Phi) is 2.10. The van der Waals surface area contributed by atoms with Crippen molar-refractivity contribution in [3.05, 3.63) is 12.4 Å². The monoisotopic (exact) mass is 243 g/mol. The number of fused-ring (bicyclic) bond motifs is 3. The molecule has 0 radical (unpaired) electrons. The van der Waals surface area contributed by atoms with E-state index in [9.17, 15) is 0 Å². The molecule has 4 heterocycles. The summed E-state index contributed by atoms with van der Waals surface area (Å²) in [5.41, 5.74) is 1.64. The molecule has 0 amide bonds. The highest BCUT2D eigenvalue weighted by Crippen LogP contribution is 2.40. The smallest absolute Gasteiger partial charge is 0.176 e. The van der Waals surface area contributed by atoms with E-state index in [4.69, 9.17) is 0 Å². The Bertz CT molecular complexity index is 564. The third kappa shape index (κ3) is 1.43. The molecule has 5 heteroatoms. The van der Waals surface area contributed by atoms with E-state index in [-0.39, 0.29) is 0 Å². The molecule has 2 aliphatic rings. The van der Waals surface area contributed by atoms with E-state index in [0.29, 0.717) is 12.1 Å². The van der Waals surface area contributed by atoms with Crippen LogP contribution in [0.25, 0.3) is 11.2 Å². The van der Waals surface area contributed by atoms with Crippen LogP contribution < -0.4 is 4.90 Å². The van der Waals surface area contributed by atoms with Crippen molar-refractivity contribution >= 4 is 17.0 Å². The third-order valence-electron chi connectivity index (χ3n) is 4.38. The molecule has 4 rings (SSSR count). The molecule has 18 heavy (non-hydrogen) atoms. The van der Waals surface area contributed by atoms with Crippen molar-refractivity contribution in [3.8, 4) is 0 Å². The standard InChI is InChI=1S/C13H17N5/c1-8-4-9-2-3-10(5-8)18(9)12-7-14-11-6-15-17-13(11)16-12/h6-10H,2-5H2,1H3,(H,15,16,17)/t8?,9-,10+. The summed E-state index contributed by atoms with van der Waals surface area (Å²) in [5, 5.41) is 6.89. The van der Waals surface area contributed by atoms with Crippen molar-refractivity contribution in [1.29, 1.82) is 0 Å². The Labute approximate surface area is 106 Å². The zero-order valence-electron chi connectivity index (χ0n) is 10.5. The van der Waals surface area contributed by atoms with Gasteiger partial charge in [-0.1, -0.05) is 6.92 Å². The van der Waals surface area contributed by atoms with Crippen LogP contribution in [0.5, 0.6) is 0 Å². The van der Waals surface area contributed by atoms with Gasteiger partial charge in [0.15, 0.2) is 5.65 Å². The van der Waals surface area contributed by atoms with Crippen LogP contribution in [0.15, 0.2) is 12.4 Å². The van der Waals surface area contributed by atoms with Crippen molar-refractivity contribution in [3.63, 3.8) is 0 Å². The Morgan fingerprint density at radius 2 is 2.00 bits per heavy atom. The highest BCUT2D eigenvalue weighted by molar-refractivity contribution is 5.70. The minimum atomic E-state index is 0.661. The molecule has 1 N–H and O–H groups in total. The predicted octanol–water partition coefficient (Wildman–Crippen LogP) is 2.12. The fourth-order valence-electron chi connectivity index (χ4n) is 3.67. The number of H-pyrrole nitrogens is 1. The summed E-state index contributed by atoms with van der Waals surface area (Å²) in [6.45, 7) is 2.37. The van der Waals surface area contributed by atoms with Gasteiger partial charge in [0.05, 0.1) is 12.4 Å². The van der Waals surface area contributed by atoms with Crippen LogP contribution >= 0.6 is 0 Å². The molecule has 2 saturated heterocycles. The lowest BCUT2D eigenvalue weighted by Gasteiger charge is -2.38. The molecule has 2 fully saturated rings. The van der Waals surface area contributed by atoms with E-state index in [1.165, 1.54) is 25.7 Å². The van der Waals surface area contributed by atoms with E-state index in [2.05, 4.69) is 32.0 Å². The van der Waals surface area contributed by atoms with Gasteiger partial charge in [0.1, 0.15) is 11.3 Å². The van der Waals surface area contributed by atoms with Gasteiger partial charge >= 0.3 is 0 Å². The second-order valence-corrected chi connectivity index (χ2v) is 5.70. The molecule has 0 spiro atoms. The summed E-state index contributed by atoms with van der Waals surface area (Å²) in [6.07, 6.45) is 8.81.